The van der Waals surface area contributed by atoms with Gasteiger partial charge in [-0.25, -0.2) is 0 Å². The topological polar surface area (TPSA) is 17.1 Å². The smallest absolute Gasteiger partial charge is 0.156 e. The normalized spacial score (nSPS) is 45.9. The Morgan fingerprint density at radius 1 is 2.00 bits per heavy atom. The van der Waals surface area contributed by atoms with Crippen LogP contribution in [-0.4, -0.2) is 11.0 Å². The number of aldehydes is 1. The number of carbonyl (C=O) groups is 1. The molecule has 1 aliphatic carbocycles. The average molecular weight is 140 g/mol. The first-order valence-electron chi connectivity index (χ1n) is 3.11. The van der Waals surface area contributed by atoms with Gasteiger partial charge in [-0.15, -0.1) is 11.8 Å². The maximum absolute atomic E-state index is 10.2. The molecule has 2 heteroatoms. The van der Waals surface area contributed by atoms with Crippen molar-refractivity contribution in [2.45, 2.75) is 18.1 Å². The second-order valence-electron chi connectivity index (χ2n) is 2.91. The lowest BCUT2D eigenvalue weighted by molar-refractivity contribution is -0.104. The third-order valence-electron chi connectivity index (χ3n) is 2.08. The molecule has 2 aliphatic rings. The van der Waals surface area contributed by atoms with E-state index in [1.165, 1.54) is 6.42 Å². The molecule has 1 fully saturated rings. The van der Waals surface area contributed by atoms with E-state index >= 15 is 0 Å². The lowest BCUT2D eigenvalue weighted by Gasteiger charge is -1.99. The van der Waals surface area contributed by atoms with Crippen LogP contribution < -0.4 is 0 Å². The summed E-state index contributed by atoms with van der Waals surface area (Å²) >= 11 is 1.73. The Kier molecular flexibility index (Phi) is 0.878. The van der Waals surface area contributed by atoms with Crippen LogP contribution in [0.1, 0.15) is 13.3 Å². The fourth-order valence-corrected chi connectivity index (χ4v) is 2.60. The maximum atomic E-state index is 10.2. The standard InChI is InChI=1S/C7H8OS/c1-7-3-5(7)2-6(4-8)9-7/h2,4-5H,3H2,1H3/t5?,7-/m0/s1. The van der Waals surface area contributed by atoms with Gasteiger partial charge in [0, 0.05) is 9.65 Å². The summed E-state index contributed by atoms with van der Waals surface area (Å²) in [5.41, 5.74) is 0. The first-order valence-corrected chi connectivity index (χ1v) is 3.92. The fraction of sp³-hybridized carbons (Fsp3) is 0.571. The van der Waals surface area contributed by atoms with E-state index in [1.807, 2.05) is 0 Å². The summed E-state index contributed by atoms with van der Waals surface area (Å²) in [6, 6.07) is 0. The van der Waals surface area contributed by atoms with Crippen LogP contribution in [-0.2, 0) is 4.79 Å². The lowest BCUT2D eigenvalue weighted by Crippen LogP contribution is -1.92. The Balaban J connectivity index is 2.20. The van der Waals surface area contributed by atoms with Crippen LogP contribution in [0, 0.1) is 5.92 Å². The second-order valence-corrected chi connectivity index (χ2v) is 4.52. The molecule has 0 amide bonds. The van der Waals surface area contributed by atoms with E-state index in [1.54, 1.807) is 11.8 Å². The van der Waals surface area contributed by atoms with Crippen molar-refractivity contribution >= 4 is 18.0 Å². The predicted octanol–water partition coefficient (Wildman–Crippen LogP) is 1.59. The minimum absolute atomic E-state index is 0.427. The Bertz CT molecular complexity index is 197. The van der Waals surface area contributed by atoms with Crippen LogP contribution >= 0.6 is 11.8 Å². The van der Waals surface area contributed by atoms with Crippen LogP contribution in [0.5, 0.6) is 0 Å². The molecule has 0 saturated heterocycles. The molecule has 48 valence electrons. The average Bonchev–Trinajstić information content (AvgIpc) is 2.33. The second kappa shape index (κ2) is 1.43. The summed E-state index contributed by atoms with van der Waals surface area (Å²) in [5, 5.41) is 0. The van der Waals surface area contributed by atoms with Gasteiger partial charge in [0.2, 0.25) is 0 Å². The van der Waals surface area contributed by atoms with Crippen molar-refractivity contribution in [1.82, 2.24) is 0 Å². The van der Waals surface area contributed by atoms with E-state index in [4.69, 9.17) is 0 Å². The summed E-state index contributed by atoms with van der Waals surface area (Å²) in [4.78, 5) is 11.2. The molecule has 0 aromatic carbocycles. The Morgan fingerprint density at radius 3 is 3.11 bits per heavy atom. The van der Waals surface area contributed by atoms with Crippen molar-refractivity contribution in [3.05, 3.63) is 11.0 Å². The van der Waals surface area contributed by atoms with Gasteiger partial charge >= 0.3 is 0 Å². The summed E-state index contributed by atoms with van der Waals surface area (Å²) < 4.78 is 0.427. The fourth-order valence-electron chi connectivity index (χ4n) is 1.30. The number of carbonyl (C=O) groups excluding carboxylic acids is 1. The van der Waals surface area contributed by atoms with Gasteiger partial charge in [-0.1, -0.05) is 6.08 Å². The molecule has 0 N–H and O–H groups in total. The highest BCUT2D eigenvalue weighted by atomic mass is 32.2. The van der Waals surface area contributed by atoms with E-state index in [0.717, 1.165) is 11.2 Å². The molecular formula is C7H8OS. The number of rotatable bonds is 1. The van der Waals surface area contributed by atoms with Crippen LogP contribution in [0.4, 0.5) is 0 Å². The molecule has 1 aliphatic heterocycles. The molecule has 0 aromatic rings. The first kappa shape index (κ1) is 5.54. The zero-order valence-corrected chi connectivity index (χ0v) is 6.07. The zero-order valence-electron chi connectivity index (χ0n) is 5.26. The van der Waals surface area contributed by atoms with Crippen molar-refractivity contribution in [3.63, 3.8) is 0 Å². The number of fused-ring (bicyclic) bond motifs is 1. The molecule has 0 radical (unpaired) electrons. The third kappa shape index (κ3) is 0.659. The van der Waals surface area contributed by atoms with Crippen molar-refractivity contribution < 1.29 is 4.79 Å². The minimum Gasteiger partial charge on any atom is -0.297 e. The summed E-state index contributed by atoms with van der Waals surface area (Å²) in [5.74, 6) is 0.711. The molecule has 0 aromatic heterocycles. The van der Waals surface area contributed by atoms with Crippen LogP contribution in [0.2, 0.25) is 0 Å². The number of thioether (sulfide) groups is 1. The monoisotopic (exact) mass is 140 g/mol. The highest BCUT2D eigenvalue weighted by Gasteiger charge is 2.53. The molecule has 1 saturated carbocycles. The third-order valence-corrected chi connectivity index (χ3v) is 3.49. The number of allylic oxidation sites excluding steroid dienone is 2. The van der Waals surface area contributed by atoms with Gasteiger partial charge in [-0.2, -0.15) is 0 Å². The molecule has 1 heterocycles. The van der Waals surface area contributed by atoms with Gasteiger partial charge in [-0.05, 0) is 19.3 Å². The Morgan fingerprint density at radius 2 is 2.78 bits per heavy atom. The lowest BCUT2D eigenvalue weighted by atomic mass is 10.3. The SMILES string of the molecule is C[C@]12CC1C=C(C=O)S2. The van der Waals surface area contributed by atoms with Gasteiger partial charge < -0.3 is 0 Å². The molecule has 1 unspecified atom stereocenters. The van der Waals surface area contributed by atoms with Gasteiger partial charge in [0.25, 0.3) is 0 Å². The largest absolute Gasteiger partial charge is 0.297 e. The summed E-state index contributed by atoms with van der Waals surface area (Å²) in [7, 11) is 0. The highest BCUT2D eigenvalue weighted by molar-refractivity contribution is 8.05. The number of hydrogen-bond donors (Lipinski definition) is 0. The van der Waals surface area contributed by atoms with Crippen molar-refractivity contribution in [3.8, 4) is 0 Å². The van der Waals surface area contributed by atoms with E-state index < -0.39 is 0 Å². The molecular weight excluding hydrogens is 132 g/mol. The van der Waals surface area contributed by atoms with Crippen molar-refractivity contribution in [2.75, 3.05) is 0 Å². The van der Waals surface area contributed by atoms with Gasteiger partial charge in [-0.3, -0.25) is 4.79 Å². The van der Waals surface area contributed by atoms with Crippen LogP contribution in [0.3, 0.4) is 0 Å². The molecule has 0 spiro atoms. The molecule has 0 bridgehead atoms. The zero-order chi connectivity index (χ0) is 6.48. The minimum atomic E-state index is 0.427. The maximum Gasteiger partial charge on any atom is 0.156 e. The van der Waals surface area contributed by atoms with Crippen molar-refractivity contribution in [2.24, 2.45) is 5.92 Å². The molecule has 1 nitrogen and oxygen atoms in total. The highest BCUT2D eigenvalue weighted by Crippen LogP contribution is 2.62. The quantitative estimate of drug-likeness (QED) is 0.514. The van der Waals surface area contributed by atoms with Gasteiger partial charge in [0.05, 0.1) is 0 Å². The van der Waals surface area contributed by atoms with Crippen LogP contribution in [0.25, 0.3) is 0 Å². The predicted molar refractivity (Wildman–Crippen MR) is 38.3 cm³/mol. The van der Waals surface area contributed by atoms with Crippen molar-refractivity contribution in [1.29, 1.82) is 0 Å². The molecule has 9 heavy (non-hydrogen) atoms. The Labute approximate surface area is 58.5 Å². The first-order chi connectivity index (χ1) is 4.24. The van der Waals surface area contributed by atoms with Gasteiger partial charge in [0.15, 0.2) is 6.29 Å². The Hall–Kier alpha value is -0.240. The van der Waals surface area contributed by atoms with E-state index in [2.05, 4.69) is 13.0 Å². The molecule has 2 rings (SSSR count). The number of hydrogen-bond acceptors (Lipinski definition) is 2. The van der Waals surface area contributed by atoms with E-state index in [-0.39, 0.29) is 0 Å². The van der Waals surface area contributed by atoms with Crippen LogP contribution in [0.15, 0.2) is 11.0 Å². The molecule has 2 atom stereocenters. The van der Waals surface area contributed by atoms with E-state index in [0.29, 0.717) is 10.7 Å². The van der Waals surface area contributed by atoms with Gasteiger partial charge in [0.1, 0.15) is 0 Å². The summed E-state index contributed by atoms with van der Waals surface area (Å²) in [6.45, 7) is 2.22. The summed E-state index contributed by atoms with van der Waals surface area (Å²) in [6.07, 6.45) is 4.33. The van der Waals surface area contributed by atoms with E-state index in [9.17, 15) is 4.79 Å².